The number of nitrogens with two attached hydrogens (primary N) is 1. The van der Waals surface area contributed by atoms with Crippen LogP contribution >= 0.6 is 12.4 Å². The van der Waals surface area contributed by atoms with Crippen LogP contribution < -0.4 is 10.5 Å². The molecule has 0 aliphatic rings. The highest BCUT2D eigenvalue weighted by Gasteiger charge is 1.87. The summed E-state index contributed by atoms with van der Waals surface area (Å²) in [6.07, 6.45) is 0. The van der Waals surface area contributed by atoms with Crippen molar-refractivity contribution in [2.24, 2.45) is 0 Å². The summed E-state index contributed by atoms with van der Waals surface area (Å²) in [5, 5.41) is 0. The summed E-state index contributed by atoms with van der Waals surface area (Å²) < 4.78 is 4.92. The molecule has 0 heterocycles. The van der Waals surface area contributed by atoms with Gasteiger partial charge in [-0.1, -0.05) is 6.07 Å². The first kappa shape index (κ1) is 9.11. The lowest BCUT2D eigenvalue weighted by Crippen LogP contribution is -1.86. The standard InChI is InChI=1S/C7H9NO.ClH/c1-9-7-4-2-3-6(8)5-7;/h2-5H,8H2,1H3;1H. The lowest BCUT2D eigenvalue weighted by Gasteiger charge is -1.97. The first-order valence-corrected chi connectivity index (χ1v) is 2.72. The van der Waals surface area contributed by atoms with Gasteiger partial charge in [-0.3, -0.25) is 0 Å². The van der Waals surface area contributed by atoms with Crippen molar-refractivity contribution in [2.45, 2.75) is 0 Å². The Bertz CT molecular complexity index is 203. The second kappa shape index (κ2) is 4.01. The highest BCUT2D eigenvalue weighted by molar-refractivity contribution is 5.85. The minimum absolute atomic E-state index is 0. The predicted octanol–water partition coefficient (Wildman–Crippen LogP) is 1.70. The third kappa shape index (κ3) is 2.15. The summed E-state index contributed by atoms with van der Waals surface area (Å²) in [7, 11) is 1.62. The predicted molar refractivity (Wildman–Crippen MR) is 44.7 cm³/mol. The summed E-state index contributed by atoms with van der Waals surface area (Å²) >= 11 is 0. The topological polar surface area (TPSA) is 35.2 Å². The van der Waals surface area contributed by atoms with Crippen molar-refractivity contribution in [1.82, 2.24) is 0 Å². The highest BCUT2D eigenvalue weighted by atomic mass is 35.5. The zero-order valence-electron chi connectivity index (χ0n) is 5.70. The summed E-state index contributed by atoms with van der Waals surface area (Å²) in [5.41, 5.74) is 6.19. The summed E-state index contributed by atoms with van der Waals surface area (Å²) in [6.45, 7) is 0. The molecular formula is C7H10ClNO. The van der Waals surface area contributed by atoms with Crippen LogP contribution in [0.1, 0.15) is 0 Å². The van der Waals surface area contributed by atoms with E-state index in [1.165, 1.54) is 0 Å². The maximum atomic E-state index is 5.45. The van der Waals surface area contributed by atoms with E-state index in [2.05, 4.69) is 0 Å². The molecule has 0 amide bonds. The Hall–Kier alpha value is -0.890. The molecule has 0 unspecified atom stereocenters. The van der Waals surface area contributed by atoms with Crippen LogP contribution in [0.25, 0.3) is 0 Å². The van der Waals surface area contributed by atoms with Gasteiger partial charge in [0.2, 0.25) is 0 Å². The number of hydrogen-bond acceptors (Lipinski definition) is 2. The number of nitrogen functional groups attached to an aromatic ring is 1. The Morgan fingerprint density at radius 2 is 2.10 bits per heavy atom. The Labute approximate surface area is 66.4 Å². The van der Waals surface area contributed by atoms with E-state index in [0.29, 0.717) is 0 Å². The van der Waals surface area contributed by atoms with Crippen molar-refractivity contribution >= 4 is 18.1 Å². The van der Waals surface area contributed by atoms with Crippen LogP contribution in [-0.4, -0.2) is 7.11 Å². The first-order chi connectivity index (χ1) is 4.33. The largest absolute Gasteiger partial charge is 0.497 e. The monoisotopic (exact) mass is 159 g/mol. The molecule has 0 aliphatic heterocycles. The van der Waals surface area contributed by atoms with E-state index >= 15 is 0 Å². The lowest BCUT2D eigenvalue weighted by atomic mass is 10.3. The number of rotatable bonds is 1. The molecule has 0 aromatic heterocycles. The Balaban J connectivity index is 0.000000810. The molecule has 56 valence electrons. The normalized spacial score (nSPS) is 8.10. The molecule has 3 heteroatoms. The fourth-order valence-corrected chi connectivity index (χ4v) is 0.642. The fraction of sp³-hybridized carbons (Fsp3) is 0.143. The van der Waals surface area contributed by atoms with Crippen molar-refractivity contribution in [3.8, 4) is 5.75 Å². The van der Waals surface area contributed by atoms with Crippen LogP contribution in [0.4, 0.5) is 5.69 Å². The van der Waals surface area contributed by atoms with E-state index in [1.54, 1.807) is 13.2 Å². The maximum Gasteiger partial charge on any atom is 0.120 e. The number of halogens is 1. The number of benzene rings is 1. The van der Waals surface area contributed by atoms with Gasteiger partial charge in [-0.15, -0.1) is 12.4 Å². The van der Waals surface area contributed by atoms with Crippen LogP contribution in [-0.2, 0) is 0 Å². The van der Waals surface area contributed by atoms with Gasteiger partial charge >= 0.3 is 0 Å². The van der Waals surface area contributed by atoms with E-state index < -0.39 is 0 Å². The molecule has 0 saturated carbocycles. The van der Waals surface area contributed by atoms with E-state index in [4.69, 9.17) is 10.5 Å². The van der Waals surface area contributed by atoms with Gasteiger partial charge in [0, 0.05) is 11.8 Å². The highest BCUT2D eigenvalue weighted by Crippen LogP contribution is 2.12. The smallest absolute Gasteiger partial charge is 0.120 e. The van der Waals surface area contributed by atoms with Gasteiger partial charge in [0.1, 0.15) is 5.75 Å². The van der Waals surface area contributed by atoms with Crippen LogP contribution in [0.5, 0.6) is 5.75 Å². The Kier molecular flexibility index (Phi) is 3.65. The molecule has 0 bridgehead atoms. The molecule has 0 fully saturated rings. The van der Waals surface area contributed by atoms with E-state index in [9.17, 15) is 0 Å². The van der Waals surface area contributed by atoms with Gasteiger partial charge in [-0.05, 0) is 12.1 Å². The number of ether oxygens (including phenoxy) is 1. The van der Waals surface area contributed by atoms with E-state index in [-0.39, 0.29) is 12.4 Å². The third-order valence-corrected chi connectivity index (χ3v) is 1.09. The molecule has 1 aromatic carbocycles. The summed E-state index contributed by atoms with van der Waals surface area (Å²) in [5.74, 6) is 0.801. The van der Waals surface area contributed by atoms with Crippen LogP contribution in [0, 0.1) is 0 Å². The molecule has 0 aliphatic carbocycles. The molecule has 1 aromatic rings. The van der Waals surface area contributed by atoms with Crippen LogP contribution in [0.2, 0.25) is 0 Å². The van der Waals surface area contributed by atoms with Gasteiger partial charge in [0.15, 0.2) is 0 Å². The van der Waals surface area contributed by atoms with Crippen molar-refractivity contribution in [1.29, 1.82) is 0 Å². The fourth-order valence-electron chi connectivity index (χ4n) is 0.642. The Morgan fingerprint density at radius 3 is 2.50 bits per heavy atom. The van der Waals surface area contributed by atoms with Crippen LogP contribution in [0.3, 0.4) is 0 Å². The molecular weight excluding hydrogens is 150 g/mol. The van der Waals surface area contributed by atoms with Crippen molar-refractivity contribution in [3.63, 3.8) is 0 Å². The van der Waals surface area contributed by atoms with Gasteiger partial charge in [-0.2, -0.15) is 0 Å². The number of methoxy groups -OCH3 is 1. The van der Waals surface area contributed by atoms with Crippen molar-refractivity contribution in [2.75, 3.05) is 12.8 Å². The van der Waals surface area contributed by atoms with E-state index in [1.807, 2.05) is 18.2 Å². The summed E-state index contributed by atoms with van der Waals surface area (Å²) in [6, 6.07) is 7.31. The van der Waals surface area contributed by atoms with Crippen molar-refractivity contribution < 1.29 is 4.74 Å². The zero-order valence-corrected chi connectivity index (χ0v) is 6.52. The molecule has 0 saturated heterocycles. The quantitative estimate of drug-likeness (QED) is 0.633. The zero-order chi connectivity index (χ0) is 6.69. The number of anilines is 1. The SMILES string of the molecule is COc1cccc(N)c1.Cl. The minimum Gasteiger partial charge on any atom is -0.497 e. The molecule has 2 nitrogen and oxygen atoms in total. The Morgan fingerprint density at radius 1 is 1.40 bits per heavy atom. The van der Waals surface area contributed by atoms with Gasteiger partial charge < -0.3 is 10.5 Å². The molecule has 2 N–H and O–H groups in total. The van der Waals surface area contributed by atoms with Gasteiger partial charge in [0.25, 0.3) is 0 Å². The average Bonchev–Trinajstić information content (AvgIpc) is 1.88. The van der Waals surface area contributed by atoms with E-state index in [0.717, 1.165) is 11.4 Å². The molecule has 0 atom stereocenters. The molecule has 0 radical (unpaired) electrons. The van der Waals surface area contributed by atoms with Crippen LogP contribution in [0.15, 0.2) is 24.3 Å². The molecule has 1 rings (SSSR count). The minimum atomic E-state index is 0. The average molecular weight is 160 g/mol. The van der Waals surface area contributed by atoms with Crippen molar-refractivity contribution in [3.05, 3.63) is 24.3 Å². The van der Waals surface area contributed by atoms with Gasteiger partial charge in [0.05, 0.1) is 7.11 Å². The summed E-state index contributed by atoms with van der Waals surface area (Å²) in [4.78, 5) is 0. The first-order valence-electron chi connectivity index (χ1n) is 2.72. The maximum absolute atomic E-state index is 5.45. The molecule has 0 spiro atoms. The third-order valence-electron chi connectivity index (χ3n) is 1.09. The number of hydrogen-bond donors (Lipinski definition) is 1. The molecule has 10 heavy (non-hydrogen) atoms. The second-order valence-corrected chi connectivity index (χ2v) is 1.78. The second-order valence-electron chi connectivity index (χ2n) is 1.78. The lowest BCUT2D eigenvalue weighted by molar-refractivity contribution is 0.415. The van der Waals surface area contributed by atoms with Gasteiger partial charge in [-0.25, -0.2) is 0 Å².